The average molecular weight is 313 g/mol. The summed E-state index contributed by atoms with van der Waals surface area (Å²) in [5.41, 5.74) is 2.26. The van der Waals surface area contributed by atoms with Crippen LogP contribution < -0.4 is 5.32 Å². The lowest BCUT2D eigenvalue weighted by atomic mass is 9.93. The first kappa shape index (κ1) is 17.0. The van der Waals surface area contributed by atoms with Crippen molar-refractivity contribution in [1.82, 2.24) is 5.32 Å². The molecule has 0 aliphatic heterocycles. The molecule has 0 fully saturated rings. The Morgan fingerprint density at radius 2 is 1.87 bits per heavy atom. The number of aryl methyl sites for hydroxylation is 1. The molecule has 1 amide bonds. The number of hydrogen-bond acceptors (Lipinski definition) is 3. The van der Waals surface area contributed by atoms with E-state index in [0.717, 1.165) is 11.1 Å². The highest BCUT2D eigenvalue weighted by atomic mass is 16.3. The van der Waals surface area contributed by atoms with E-state index in [0.29, 0.717) is 13.0 Å². The molecule has 0 bridgehead atoms. The minimum Gasteiger partial charge on any atom is -0.507 e. The van der Waals surface area contributed by atoms with Crippen LogP contribution in [0.25, 0.3) is 0 Å². The second-order valence-corrected chi connectivity index (χ2v) is 5.92. The number of aliphatic hydroxyl groups is 1. The van der Waals surface area contributed by atoms with Gasteiger partial charge in [0.05, 0.1) is 11.7 Å². The molecule has 0 saturated heterocycles. The van der Waals surface area contributed by atoms with Crippen molar-refractivity contribution in [3.05, 3.63) is 65.2 Å². The van der Waals surface area contributed by atoms with Crippen LogP contribution >= 0.6 is 0 Å². The van der Waals surface area contributed by atoms with Crippen LogP contribution in [0.1, 0.15) is 40.7 Å². The maximum atomic E-state index is 12.3. The molecule has 0 aromatic heterocycles. The number of nitrogens with one attached hydrogen (secondary N) is 1. The van der Waals surface area contributed by atoms with Crippen molar-refractivity contribution in [3.63, 3.8) is 0 Å². The lowest BCUT2D eigenvalue weighted by Crippen LogP contribution is -2.29. The molecule has 2 aromatic rings. The Balaban J connectivity index is 2.09. The number of rotatable bonds is 6. The summed E-state index contributed by atoms with van der Waals surface area (Å²) in [5, 5.41) is 22.4. The number of carbonyl (C=O) groups excluding carboxylic acids is 1. The summed E-state index contributed by atoms with van der Waals surface area (Å²) >= 11 is 0. The van der Waals surface area contributed by atoms with E-state index in [1.807, 2.05) is 37.3 Å². The Bertz CT molecular complexity index is 653. The highest BCUT2D eigenvalue weighted by molar-refractivity contribution is 5.97. The van der Waals surface area contributed by atoms with Gasteiger partial charge in [-0.2, -0.15) is 0 Å². The second kappa shape index (κ2) is 7.79. The first-order valence-electron chi connectivity index (χ1n) is 7.78. The van der Waals surface area contributed by atoms with Gasteiger partial charge in [-0.25, -0.2) is 0 Å². The monoisotopic (exact) mass is 313 g/mol. The maximum absolute atomic E-state index is 12.3. The Labute approximate surface area is 136 Å². The van der Waals surface area contributed by atoms with Crippen molar-refractivity contribution in [2.75, 3.05) is 6.54 Å². The molecule has 23 heavy (non-hydrogen) atoms. The van der Waals surface area contributed by atoms with Crippen molar-refractivity contribution in [2.24, 2.45) is 0 Å². The van der Waals surface area contributed by atoms with Crippen LogP contribution in [0.2, 0.25) is 0 Å². The fourth-order valence-corrected chi connectivity index (χ4v) is 2.62. The van der Waals surface area contributed by atoms with Gasteiger partial charge in [-0.3, -0.25) is 4.79 Å². The van der Waals surface area contributed by atoms with Crippen LogP contribution in [0.5, 0.6) is 5.75 Å². The van der Waals surface area contributed by atoms with Gasteiger partial charge >= 0.3 is 0 Å². The molecule has 2 unspecified atom stereocenters. The molecular weight excluding hydrogens is 290 g/mol. The molecule has 4 heteroatoms. The van der Waals surface area contributed by atoms with E-state index in [1.165, 1.54) is 6.07 Å². The summed E-state index contributed by atoms with van der Waals surface area (Å²) in [6, 6.07) is 14.7. The molecule has 0 radical (unpaired) electrons. The lowest BCUT2D eigenvalue weighted by Gasteiger charge is -2.20. The number of amides is 1. The predicted molar refractivity (Wildman–Crippen MR) is 90.7 cm³/mol. The molecule has 2 atom stereocenters. The largest absolute Gasteiger partial charge is 0.507 e. The summed E-state index contributed by atoms with van der Waals surface area (Å²) < 4.78 is 0. The summed E-state index contributed by atoms with van der Waals surface area (Å²) in [7, 11) is 0. The van der Waals surface area contributed by atoms with Crippen LogP contribution in [0, 0.1) is 6.92 Å². The van der Waals surface area contributed by atoms with Gasteiger partial charge in [0, 0.05) is 12.5 Å². The Kier molecular flexibility index (Phi) is 5.77. The van der Waals surface area contributed by atoms with Gasteiger partial charge in [-0.1, -0.05) is 42.0 Å². The smallest absolute Gasteiger partial charge is 0.255 e. The minimum atomic E-state index is -0.454. The third kappa shape index (κ3) is 4.83. The average Bonchev–Trinajstić information content (AvgIpc) is 2.54. The molecule has 2 rings (SSSR count). The molecular formula is C19H23NO3. The topological polar surface area (TPSA) is 69.6 Å². The van der Waals surface area contributed by atoms with Crippen LogP contribution in [0.3, 0.4) is 0 Å². The van der Waals surface area contributed by atoms with Crippen molar-refractivity contribution < 1.29 is 15.0 Å². The summed E-state index contributed by atoms with van der Waals surface area (Å²) in [6.45, 7) is 4.02. The summed E-state index contributed by atoms with van der Waals surface area (Å²) in [4.78, 5) is 12.3. The van der Waals surface area contributed by atoms with E-state index < -0.39 is 6.10 Å². The van der Waals surface area contributed by atoms with Gasteiger partial charge in [0.15, 0.2) is 0 Å². The number of hydrogen-bond donors (Lipinski definition) is 3. The third-order valence-electron chi connectivity index (χ3n) is 3.80. The van der Waals surface area contributed by atoms with E-state index in [1.54, 1.807) is 19.1 Å². The van der Waals surface area contributed by atoms with Gasteiger partial charge in [0.2, 0.25) is 0 Å². The second-order valence-electron chi connectivity index (χ2n) is 5.92. The number of phenols is 1. The molecule has 0 saturated carbocycles. The number of aromatic hydroxyl groups is 1. The Morgan fingerprint density at radius 1 is 1.17 bits per heavy atom. The summed E-state index contributed by atoms with van der Waals surface area (Å²) in [5.74, 6) is -0.315. The third-order valence-corrected chi connectivity index (χ3v) is 3.80. The van der Waals surface area contributed by atoms with Gasteiger partial charge in [0.1, 0.15) is 5.75 Å². The standard InChI is InChI=1S/C19H23NO3/c1-13-8-9-18(22)17(10-13)19(23)20-12-16(11-14(2)21)15-6-4-3-5-7-15/h3-10,14,16,21-22H,11-12H2,1-2H3,(H,20,23). The minimum absolute atomic E-state index is 0.0205. The molecule has 0 spiro atoms. The van der Waals surface area contributed by atoms with E-state index >= 15 is 0 Å². The Hall–Kier alpha value is -2.33. The van der Waals surface area contributed by atoms with Crippen LogP contribution in [-0.2, 0) is 0 Å². The van der Waals surface area contributed by atoms with Crippen molar-refractivity contribution >= 4 is 5.91 Å². The SMILES string of the molecule is Cc1ccc(O)c(C(=O)NCC(CC(C)O)c2ccccc2)c1. The van der Waals surface area contributed by atoms with Gasteiger partial charge < -0.3 is 15.5 Å². The van der Waals surface area contributed by atoms with E-state index in [2.05, 4.69) is 5.32 Å². The molecule has 0 heterocycles. The Morgan fingerprint density at radius 3 is 2.52 bits per heavy atom. The van der Waals surface area contributed by atoms with Crippen LogP contribution in [0.15, 0.2) is 48.5 Å². The highest BCUT2D eigenvalue weighted by Crippen LogP contribution is 2.22. The van der Waals surface area contributed by atoms with Crippen molar-refractivity contribution in [3.8, 4) is 5.75 Å². The quantitative estimate of drug-likeness (QED) is 0.768. The normalized spacial score (nSPS) is 13.3. The maximum Gasteiger partial charge on any atom is 0.255 e. The zero-order valence-electron chi connectivity index (χ0n) is 13.5. The first-order valence-corrected chi connectivity index (χ1v) is 7.78. The molecule has 4 nitrogen and oxygen atoms in total. The number of phenolic OH excluding ortho intramolecular Hbond substituents is 1. The van der Waals surface area contributed by atoms with Crippen molar-refractivity contribution in [2.45, 2.75) is 32.3 Å². The predicted octanol–water partition coefficient (Wildman–Crippen LogP) is 2.99. The van der Waals surface area contributed by atoms with E-state index in [4.69, 9.17) is 0 Å². The molecule has 0 aliphatic rings. The van der Waals surface area contributed by atoms with Gasteiger partial charge in [-0.05, 0) is 38.0 Å². The molecule has 2 aromatic carbocycles. The molecule has 3 N–H and O–H groups in total. The number of benzene rings is 2. The van der Waals surface area contributed by atoms with E-state index in [-0.39, 0.29) is 23.1 Å². The molecule has 122 valence electrons. The van der Waals surface area contributed by atoms with Crippen LogP contribution in [0.4, 0.5) is 0 Å². The molecule has 0 aliphatic carbocycles. The van der Waals surface area contributed by atoms with Gasteiger partial charge in [0.25, 0.3) is 5.91 Å². The fourth-order valence-electron chi connectivity index (χ4n) is 2.62. The van der Waals surface area contributed by atoms with Gasteiger partial charge in [-0.15, -0.1) is 0 Å². The number of aliphatic hydroxyl groups excluding tert-OH is 1. The lowest BCUT2D eigenvalue weighted by molar-refractivity contribution is 0.0943. The van der Waals surface area contributed by atoms with Crippen molar-refractivity contribution in [1.29, 1.82) is 0 Å². The number of carbonyl (C=O) groups is 1. The highest BCUT2D eigenvalue weighted by Gasteiger charge is 2.17. The first-order chi connectivity index (χ1) is 11.0. The van der Waals surface area contributed by atoms with Crippen LogP contribution in [-0.4, -0.2) is 28.8 Å². The summed E-state index contributed by atoms with van der Waals surface area (Å²) in [6.07, 6.45) is 0.105. The zero-order chi connectivity index (χ0) is 16.8. The van der Waals surface area contributed by atoms with E-state index in [9.17, 15) is 15.0 Å². The zero-order valence-corrected chi connectivity index (χ0v) is 13.5. The fraction of sp³-hybridized carbons (Fsp3) is 0.316.